The first kappa shape index (κ1) is 32.1. The number of ketones is 2. The first-order valence-corrected chi connectivity index (χ1v) is 16.8. The van der Waals surface area contributed by atoms with Crippen molar-refractivity contribution in [2.24, 2.45) is 0 Å². The second-order valence-electron chi connectivity index (χ2n) is 12.3. The van der Waals surface area contributed by atoms with E-state index in [2.05, 4.69) is 9.97 Å². The summed E-state index contributed by atoms with van der Waals surface area (Å²) in [5.41, 5.74) is 1.41. The van der Waals surface area contributed by atoms with Gasteiger partial charge in [-0.15, -0.1) is 0 Å². The van der Waals surface area contributed by atoms with Crippen molar-refractivity contribution in [2.75, 3.05) is 0 Å². The number of para-hydroxylation sites is 2. The van der Waals surface area contributed by atoms with Gasteiger partial charge in [0.1, 0.15) is 33.5 Å². The molecule has 0 radical (unpaired) electrons. The van der Waals surface area contributed by atoms with E-state index in [-0.39, 0.29) is 56.2 Å². The fraction of sp³-hybridized carbons (Fsp3) is 0. The number of hydrogen-bond acceptors (Lipinski definition) is 8. The summed E-state index contributed by atoms with van der Waals surface area (Å²) < 4.78 is 15.5. The van der Waals surface area contributed by atoms with E-state index in [4.69, 9.17) is 19.0 Å². The molecule has 4 heterocycles. The molecule has 0 bridgehead atoms. The largest absolute Gasteiger partial charge is 0.430 e. The van der Waals surface area contributed by atoms with Crippen LogP contribution in [0.1, 0.15) is 32.1 Å². The average Bonchev–Trinajstić information content (AvgIpc) is 3.78. The molecule has 9 rings (SSSR count). The van der Waals surface area contributed by atoms with Crippen LogP contribution in [0.2, 0.25) is 0 Å². The zero-order valence-electron chi connectivity index (χ0n) is 28.1. The van der Waals surface area contributed by atoms with E-state index in [0.29, 0.717) is 33.9 Å². The number of aromatic amines is 2. The highest BCUT2D eigenvalue weighted by Crippen LogP contribution is 2.28. The standard InChI is InChI=1S/C42H26N6O6/c49-31(25-13-5-1-6-14-25)23-21-29-33-41(47(45-29)27-17-9-3-10-18-27)53-39-35(43-33)37(51)40-36(38(39)52)44-34-30(22-24-32(50)26-15-7-2-8-16-26)46-48(42(34)54-40)28-19-11-4-12-20-28/h1-24,43-44H/b23-21+,24-22+. The highest BCUT2D eigenvalue weighted by atomic mass is 16.4. The molecule has 0 atom stereocenters. The highest BCUT2D eigenvalue weighted by molar-refractivity contribution is 6.08. The van der Waals surface area contributed by atoms with Gasteiger partial charge in [-0.3, -0.25) is 19.2 Å². The maximum absolute atomic E-state index is 14.3. The number of allylic oxidation sites excluding steroid dienone is 2. The topological polar surface area (TPSA) is 162 Å². The summed E-state index contributed by atoms with van der Waals surface area (Å²) in [6.07, 6.45) is 5.81. The average molecular weight is 711 g/mol. The Morgan fingerprint density at radius 2 is 0.852 bits per heavy atom. The van der Waals surface area contributed by atoms with Gasteiger partial charge in [0, 0.05) is 11.1 Å². The summed E-state index contributed by atoms with van der Waals surface area (Å²) in [7, 11) is 0. The minimum absolute atomic E-state index is 0.134. The summed E-state index contributed by atoms with van der Waals surface area (Å²) in [6.45, 7) is 0. The van der Waals surface area contributed by atoms with E-state index >= 15 is 0 Å². The SMILES string of the molecule is O=C(/C=C/c1nn(-c2ccccc2)c2oc3c(=O)c4[nH]c5c(/C=C/C(=O)c6ccccc6)nn(-c6ccccc6)c5oc4c(=O)c3[nH]c12)c1ccccc1. The molecule has 0 fully saturated rings. The van der Waals surface area contributed by atoms with Crippen LogP contribution in [0.5, 0.6) is 0 Å². The van der Waals surface area contributed by atoms with Gasteiger partial charge in [-0.1, -0.05) is 97.1 Å². The number of carbonyl (C=O) groups is 2. The zero-order chi connectivity index (χ0) is 36.8. The molecule has 0 aliphatic carbocycles. The maximum Gasteiger partial charge on any atom is 0.250 e. The number of hydrogen-bond donors (Lipinski definition) is 2. The molecule has 0 saturated heterocycles. The number of aromatic nitrogens is 6. The number of nitrogens with zero attached hydrogens (tertiary/aromatic N) is 4. The minimum Gasteiger partial charge on any atom is -0.430 e. The minimum atomic E-state index is -0.664. The molecule has 9 aromatic rings. The molecule has 2 N–H and O–H groups in total. The van der Waals surface area contributed by atoms with Gasteiger partial charge in [-0.2, -0.15) is 19.6 Å². The first-order valence-electron chi connectivity index (χ1n) is 16.8. The van der Waals surface area contributed by atoms with E-state index in [9.17, 15) is 19.2 Å². The molecule has 0 unspecified atom stereocenters. The molecule has 0 aliphatic rings. The van der Waals surface area contributed by atoms with Crippen LogP contribution < -0.4 is 10.9 Å². The number of rotatable bonds is 8. The molecule has 5 aromatic carbocycles. The second-order valence-corrected chi connectivity index (χ2v) is 12.3. The number of H-pyrrole nitrogens is 2. The van der Waals surface area contributed by atoms with Gasteiger partial charge in [0.05, 0.1) is 11.4 Å². The molecular weight excluding hydrogens is 684 g/mol. The lowest BCUT2D eigenvalue weighted by Gasteiger charge is -2.06. The van der Waals surface area contributed by atoms with Gasteiger partial charge >= 0.3 is 0 Å². The van der Waals surface area contributed by atoms with E-state index in [1.807, 2.05) is 48.5 Å². The second kappa shape index (κ2) is 13.0. The van der Waals surface area contributed by atoms with Crippen LogP contribution in [-0.2, 0) is 0 Å². The van der Waals surface area contributed by atoms with Crippen LogP contribution in [0.3, 0.4) is 0 Å². The molecule has 12 heteroatoms. The van der Waals surface area contributed by atoms with Crippen molar-refractivity contribution in [3.05, 3.63) is 176 Å². The van der Waals surface area contributed by atoms with Gasteiger partial charge in [-0.05, 0) is 48.6 Å². The Balaban J connectivity index is 1.27. The zero-order valence-corrected chi connectivity index (χ0v) is 28.1. The van der Waals surface area contributed by atoms with Crippen molar-refractivity contribution in [2.45, 2.75) is 0 Å². The van der Waals surface area contributed by atoms with E-state index in [1.165, 1.54) is 33.7 Å². The van der Waals surface area contributed by atoms with Gasteiger partial charge in [0.2, 0.25) is 22.6 Å². The van der Waals surface area contributed by atoms with E-state index < -0.39 is 10.9 Å². The lowest BCUT2D eigenvalue weighted by molar-refractivity contribution is 0.103. The number of benzene rings is 5. The van der Waals surface area contributed by atoms with Gasteiger partial charge in [0.15, 0.2) is 11.6 Å². The van der Waals surface area contributed by atoms with Gasteiger partial charge < -0.3 is 18.8 Å². The van der Waals surface area contributed by atoms with E-state index in [1.54, 1.807) is 72.8 Å². The summed E-state index contributed by atoms with van der Waals surface area (Å²) in [5, 5.41) is 9.39. The lowest BCUT2D eigenvalue weighted by atomic mass is 10.1. The molecule has 0 saturated carbocycles. The van der Waals surface area contributed by atoms with Crippen molar-refractivity contribution >= 4 is 68.4 Å². The Labute approximate surface area is 303 Å². The summed E-state index contributed by atoms with van der Waals surface area (Å²) in [5.74, 6) is -0.500. The summed E-state index contributed by atoms with van der Waals surface area (Å²) in [4.78, 5) is 60.6. The molecular formula is C42H26N6O6. The third-order valence-electron chi connectivity index (χ3n) is 8.86. The smallest absolute Gasteiger partial charge is 0.250 e. The predicted octanol–water partition coefficient (Wildman–Crippen LogP) is 7.59. The van der Waals surface area contributed by atoms with Crippen LogP contribution in [0.25, 0.3) is 68.2 Å². The molecule has 12 nitrogen and oxygen atoms in total. The molecule has 4 aromatic heterocycles. The maximum atomic E-state index is 14.3. The highest BCUT2D eigenvalue weighted by Gasteiger charge is 2.24. The summed E-state index contributed by atoms with van der Waals surface area (Å²) in [6, 6.07) is 35.7. The molecule has 0 spiro atoms. The third-order valence-corrected chi connectivity index (χ3v) is 8.86. The quantitative estimate of drug-likeness (QED) is 0.0926. The van der Waals surface area contributed by atoms with Crippen molar-refractivity contribution in [3.63, 3.8) is 0 Å². The van der Waals surface area contributed by atoms with Crippen molar-refractivity contribution in [3.8, 4) is 11.4 Å². The van der Waals surface area contributed by atoms with Crippen LogP contribution in [0.15, 0.2) is 152 Å². The Kier molecular flexibility index (Phi) is 7.74. The Bertz CT molecular complexity index is 2900. The number of nitrogens with one attached hydrogen (secondary N) is 2. The Morgan fingerprint density at radius 1 is 0.500 bits per heavy atom. The van der Waals surface area contributed by atoms with E-state index in [0.717, 1.165) is 0 Å². The van der Waals surface area contributed by atoms with Crippen molar-refractivity contribution in [1.82, 2.24) is 29.5 Å². The fourth-order valence-corrected chi connectivity index (χ4v) is 6.21. The lowest BCUT2D eigenvalue weighted by Crippen LogP contribution is -2.16. The van der Waals surface area contributed by atoms with Crippen molar-refractivity contribution < 1.29 is 18.4 Å². The third kappa shape index (κ3) is 5.51. The van der Waals surface area contributed by atoms with Crippen molar-refractivity contribution in [1.29, 1.82) is 0 Å². The van der Waals surface area contributed by atoms with Gasteiger partial charge in [0.25, 0.3) is 10.9 Å². The molecule has 54 heavy (non-hydrogen) atoms. The number of fused-ring (bicyclic) bond motifs is 4. The normalized spacial score (nSPS) is 11.9. The monoisotopic (exact) mass is 710 g/mol. The van der Waals surface area contributed by atoms with Gasteiger partial charge in [-0.25, -0.2) is 0 Å². The fourth-order valence-electron chi connectivity index (χ4n) is 6.21. The summed E-state index contributed by atoms with van der Waals surface area (Å²) >= 11 is 0. The first-order chi connectivity index (χ1) is 26.4. The Hall–Kier alpha value is -7.86. The number of carbonyl (C=O) groups excluding carboxylic acids is 2. The molecule has 0 aliphatic heterocycles. The van der Waals surface area contributed by atoms with Crippen LogP contribution in [0.4, 0.5) is 0 Å². The molecule has 0 amide bonds. The van der Waals surface area contributed by atoms with Crippen LogP contribution >= 0.6 is 0 Å². The molecule has 260 valence electrons. The van der Waals surface area contributed by atoms with Crippen LogP contribution in [0, 0.1) is 0 Å². The Morgan fingerprint density at radius 3 is 1.22 bits per heavy atom. The van der Waals surface area contributed by atoms with Crippen LogP contribution in [-0.4, -0.2) is 41.1 Å². The predicted molar refractivity (Wildman–Crippen MR) is 205 cm³/mol.